The molecule has 1 aromatic heterocycles. The molecule has 196 valence electrons. The normalized spacial score (nSPS) is 24.8. The number of hydrogen-bond donors (Lipinski definition) is 4. The lowest BCUT2D eigenvalue weighted by Crippen LogP contribution is -2.39. The third-order valence-electron chi connectivity index (χ3n) is 7.02. The SMILES string of the molecule is CC(C)(O)[C@H]1Cc2c(c3c4oc(cc(=O)c4c2OC2CCCC2)[C@H](O)C[C@@H](N=C(N)N)CSSC3)O1. The van der Waals surface area contributed by atoms with Gasteiger partial charge in [0.25, 0.3) is 0 Å². The Bertz CT molecular complexity index is 1230. The van der Waals surface area contributed by atoms with Gasteiger partial charge in [-0.15, -0.1) is 0 Å². The maximum absolute atomic E-state index is 13.6. The highest BCUT2D eigenvalue weighted by atomic mass is 33.1. The van der Waals surface area contributed by atoms with E-state index in [9.17, 15) is 15.0 Å². The van der Waals surface area contributed by atoms with E-state index in [1.807, 2.05) is 0 Å². The molecule has 3 heterocycles. The van der Waals surface area contributed by atoms with Crippen LogP contribution in [0.1, 0.15) is 68.9 Å². The molecule has 1 saturated carbocycles. The minimum Gasteiger partial charge on any atom is -0.489 e. The van der Waals surface area contributed by atoms with Crippen LogP contribution in [0.5, 0.6) is 11.5 Å². The van der Waals surface area contributed by atoms with Crippen LogP contribution in [0, 0.1) is 0 Å². The highest BCUT2D eigenvalue weighted by molar-refractivity contribution is 8.76. The van der Waals surface area contributed by atoms with Crippen molar-refractivity contribution in [3.05, 3.63) is 33.2 Å². The quantitative estimate of drug-likeness (QED) is 0.261. The molecule has 1 aromatic carbocycles. The van der Waals surface area contributed by atoms with E-state index in [0.717, 1.165) is 36.8 Å². The van der Waals surface area contributed by atoms with E-state index in [4.69, 9.17) is 25.4 Å². The van der Waals surface area contributed by atoms with Crippen molar-refractivity contribution in [3.8, 4) is 11.5 Å². The van der Waals surface area contributed by atoms with Gasteiger partial charge in [0.15, 0.2) is 11.4 Å². The number of nitrogens with two attached hydrogens (primary N) is 2. The highest BCUT2D eigenvalue weighted by Gasteiger charge is 2.41. The number of nitrogens with zero attached hydrogens (tertiary/aromatic N) is 1. The number of guanidine groups is 1. The Labute approximate surface area is 217 Å². The molecule has 6 N–H and O–H groups in total. The Morgan fingerprint density at radius 3 is 2.67 bits per heavy atom. The van der Waals surface area contributed by atoms with Crippen molar-refractivity contribution >= 4 is 38.5 Å². The summed E-state index contributed by atoms with van der Waals surface area (Å²) in [7, 11) is 3.15. The van der Waals surface area contributed by atoms with Crippen molar-refractivity contribution < 1.29 is 24.1 Å². The Morgan fingerprint density at radius 1 is 1.22 bits per heavy atom. The summed E-state index contributed by atoms with van der Waals surface area (Å²) in [5.74, 6) is 2.26. The number of fused-ring (bicyclic) bond motifs is 3. The molecule has 0 saturated heterocycles. The molecule has 11 heteroatoms. The maximum atomic E-state index is 13.6. The minimum absolute atomic E-state index is 0.0151. The second kappa shape index (κ2) is 10.00. The molecule has 0 amide bonds. The summed E-state index contributed by atoms with van der Waals surface area (Å²) in [4.78, 5) is 17.8. The van der Waals surface area contributed by atoms with Crippen molar-refractivity contribution in [2.24, 2.45) is 16.5 Å². The van der Waals surface area contributed by atoms with Crippen LogP contribution in [0.4, 0.5) is 0 Å². The molecule has 5 rings (SSSR count). The first-order valence-corrected chi connectivity index (χ1v) is 14.8. The minimum atomic E-state index is -1.09. The Hall–Kier alpha value is -2.08. The van der Waals surface area contributed by atoms with Gasteiger partial charge in [-0.3, -0.25) is 4.79 Å². The predicted octanol–water partition coefficient (Wildman–Crippen LogP) is 3.15. The molecule has 2 bridgehead atoms. The third-order valence-corrected chi connectivity index (χ3v) is 9.37. The van der Waals surface area contributed by atoms with Crippen LogP contribution in [0.25, 0.3) is 11.0 Å². The van der Waals surface area contributed by atoms with Gasteiger partial charge in [0.05, 0.1) is 17.7 Å². The van der Waals surface area contributed by atoms with Gasteiger partial charge in [0.2, 0.25) is 0 Å². The molecule has 1 aliphatic carbocycles. The molecule has 0 spiro atoms. The van der Waals surface area contributed by atoms with Gasteiger partial charge in [-0.25, -0.2) is 4.99 Å². The number of aliphatic hydroxyl groups is 2. The number of aliphatic imine (C=N–C) groups is 1. The van der Waals surface area contributed by atoms with E-state index in [2.05, 4.69) is 4.99 Å². The fraction of sp³-hybridized carbons (Fsp3) is 0.600. The van der Waals surface area contributed by atoms with E-state index in [1.165, 1.54) is 6.07 Å². The lowest BCUT2D eigenvalue weighted by Gasteiger charge is -2.24. The van der Waals surface area contributed by atoms with Crippen molar-refractivity contribution in [2.45, 2.75) is 88.1 Å². The van der Waals surface area contributed by atoms with Crippen LogP contribution in [-0.4, -0.2) is 45.8 Å². The average Bonchev–Trinajstić information content (AvgIpc) is 3.46. The van der Waals surface area contributed by atoms with Gasteiger partial charge in [0.1, 0.15) is 40.4 Å². The summed E-state index contributed by atoms with van der Waals surface area (Å²) in [6, 6.07) is 1.01. The summed E-state index contributed by atoms with van der Waals surface area (Å²) in [6.45, 7) is 3.43. The number of rotatable bonds is 4. The largest absolute Gasteiger partial charge is 0.489 e. The van der Waals surface area contributed by atoms with Gasteiger partial charge in [-0.1, -0.05) is 21.6 Å². The summed E-state index contributed by atoms with van der Waals surface area (Å²) >= 11 is 0. The molecule has 1 fully saturated rings. The molecular weight excluding hydrogens is 502 g/mol. The highest BCUT2D eigenvalue weighted by Crippen LogP contribution is 2.49. The van der Waals surface area contributed by atoms with Gasteiger partial charge in [-0.2, -0.15) is 0 Å². The van der Waals surface area contributed by atoms with E-state index < -0.39 is 17.8 Å². The zero-order valence-corrected chi connectivity index (χ0v) is 22.1. The molecule has 0 unspecified atom stereocenters. The third kappa shape index (κ3) is 5.03. The van der Waals surface area contributed by atoms with Crippen LogP contribution in [0.15, 0.2) is 20.3 Å². The summed E-state index contributed by atoms with van der Waals surface area (Å²) in [5.41, 5.74) is 11.7. The number of aliphatic hydroxyl groups excluding tert-OH is 1. The van der Waals surface area contributed by atoms with E-state index >= 15 is 0 Å². The lowest BCUT2D eigenvalue weighted by molar-refractivity contribution is -0.0231. The van der Waals surface area contributed by atoms with Crippen LogP contribution >= 0.6 is 21.6 Å². The smallest absolute Gasteiger partial charge is 0.196 e. The second-order valence-electron chi connectivity index (χ2n) is 10.3. The maximum Gasteiger partial charge on any atom is 0.196 e. The molecule has 3 atom stereocenters. The summed E-state index contributed by atoms with van der Waals surface area (Å²) in [5, 5.41) is 22.1. The van der Waals surface area contributed by atoms with Crippen molar-refractivity contribution in [2.75, 3.05) is 5.75 Å². The number of ether oxygens (including phenoxy) is 2. The molecule has 36 heavy (non-hydrogen) atoms. The van der Waals surface area contributed by atoms with Gasteiger partial charge >= 0.3 is 0 Å². The first-order valence-electron chi connectivity index (χ1n) is 12.3. The van der Waals surface area contributed by atoms with Crippen molar-refractivity contribution in [3.63, 3.8) is 0 Å². The summed E-state index contributed by atoms with van der Waals surface area (Å²) < 4.78 is 19.1. The fourth-order valence-electron chi connectivity index (χ4n) is 5.14. The van der Waals surface area contributed by atoms with Crippen molar-refractivity contribution in [1.82, 2.24) is 0 Å². The number of benzene rings is 1. The second-order valence-corrected chi connectivity index (χ2v) is 12.8. The molecule has 0 radical (unpaired) electrons. The van der Waals surface area contributed by atoms with Crippen LogP contribution < -0.4 is 26.4 Å². The van der Waals surface area contributed by atoms with Gasteiger partial charge < -0.3 is 35.6 Å². The Balaban J connectivity index is 1.69. The molecule has 2 aliphatic heterocycles. The molecular formula is C25H33N3O6S2. The van der Waals surface area contributed by atoms with Crippen molar-refractivity contribution in [1.29, 1.82) is 0 Å². The van der Waals surface area contributed by atoms with Crippen LogP contribution in [0.2, 0.25) is 0 Å². The van der Waals surface area contributed by atoms with Gasteiger partial charge in [-0.05, 0) is 39.5 Å². The predicted molar refractivity (Wildman–Crippen MR) is 143 cm³/mol. The zero-order chi connectivity index (χ0) is 25.6. The zero-order valence-electron chi connectivity index (χ0n) is 20.5. The Kier molecular flexibility index (Phi) is 7.10. The average molecular weight is 536 g/mol. The lowest BCUT2D eigenvalue weighted by atomic mass is 9.95. The van der Waals surface area contributed by atoms with E-state index in [-0.39, 0.29) is 35.7 Å². The standard InChI is InChI=1S/C25H33N3O6S2/c1-25(2,31)19-8-14-21(34-19)15-11-36-35-10-12(28-24(26)27)7-16(29)18-9-17(30)20(23(15)33-18)22(14)32-13-5-3-4-6-13/h9,12-13,16,19,29,31H,3-8,10-11H2,1-2H3,(H4,26,27,28)/t12-,16-,19-/m1/s1. The monoisotopic (exact) mass is 535 g/mol. The fourth-order valence-corrected chi connectivity index (χ4v) is 7.43. The first-order chi connectivity index (χ1) is 17.1. The molecule has 3 aliphatic rings. The molecule has 9 nitrogen and oxygen atoms in total. The van der Waals surface area contributed by atoms with Crippen LogP contribution in [0.3, 0.4) is 0 Å². The number of hydrogen-bond acceptors (Lipinski definition) is 9. The van der Waals surface area contributed by atoms with Gasteiger partial charge in [0, 0.05) is 41.5 Å². The topological polar surface area (TPSA) is 154 Å². The van der Waals surface area contributed by atoms with E-state index in [0.29, 0.717) is 40.4 Å². The van der Waals surface area contributed by atoms with E-state index in [1.54, 1.807) is 35.4 Å². The molecule has 2 aromatic rings. The first kappa shape index (κ1) is 25.6. The van der Waals surface area contributed by atoms with Crippen LogP contribution in [-0.2, 0) is 12.2 Å². The Morgan fingerprint density at radius 2 is 1.97 bits per heavy atom. The summed E-state index contributed by atoms with van der Waals surface area (Å²) in [6.07, 6.45) is 3.12.